The van der Waals surface area contributed by atoms with Crippen LogP contribution in [0, 0.1) is 11.6 Å². The van der Waals surface area contributed by atoms with Crippen LogP contribution in [0.2, 0.25) is 0 Å². The fourth-order valence-electron chi connectivity index (χ4n) is 5.84. The van der Waals surface area contributed by atoms with Crippen LogP contribution in [-0.4, -0.2) is 64.5 Å². The van der Waals surface area contributed by atoms with Crippen LogP contribution in [0.3, 0.4) is 0 Å². The van der Waals surface area contributed by atoms with Gasteiger partial charge in [0.05, 0.1) is 23.7 Å². The summed E-state index contributed by atoms with van der Waals surface area (Å²) in [5.74, 6) is -1.80. The Labute approximate surface area is 235 Å². The molecule has 41 heavy (non-hydrogen) atoms. The highest BCUT2D eigenvalue weighted by atomic mass is 32.2. The third kappa shape index (κ3) is 5.21. The zero-order valence-electron chi connectivity index (χ0n) is 22.6. The van der Waals surface area contributed by atoms with Gasteiger partial charge in [-0.3, -0.25) is 9.36 Å². The van der Waals surface area contributed by atoms with Gasteiger partial charge in [0.2, 0.25) is 5.91 Å². The first-order valence-electron chi connectivity index (χ1n) is 12.9. The molecule has 0 bridgehead atoms. The van der Waals surface area contributed by atoms with Crippen LogP contribution in [0.1, 0.15) is 19.4 Å². The molecule has 220 valence electrons. The minimum absolute atomic E-state index is 0.00640. The third-order valence-electron chi connectivity index (χ3n) is 7.61. The number of carbonyl (C=O) groups is 1. The van der Waals surface area contributed by atoms with Gasteiger partial charge in [-0.2, -0.15) is 29.1 Å². The molecular formula is C28H29F5N4O3S. The lowest BCUT2D eigenvalue weighted by atomic mass is 10.1. The maximum absolute atomic E-state index is 15.1. The second-order valence-electron chi connectivity index (χ2n) is 10.3. The number of halogens is 5. The number of anilines is 1. The number of nitrogens with zero attached hydrogens (tertiary/aromatic N) is 4. The number of piperazine rings is 1. The van der Waals surface area contributed by atoms with Crippen molar-refractivity contribution in [1.29, 1.82) is 0 Å². The summed E-state index contributed by atoms with van der Waals surface area (Å²) in [5.41, 5.74) is -1.44. The number of benzene rings is 2. The highest BCUT2D eigenvalue weighted by Gasteiger charge is 2.38. The maximum atomic E-state index is 15.1. The normalized spacial score (nSPS) is 23.9. The van der Waals surface area contributed by atoms with Gasteiger partial charge < -0.3 is 14.5 Å². The van der Waals surface area contributed by atoms with Crippen molar-refractivity contribution in [3.8, 4) is 0 Å². The molecule has 1 unspecified atom stereocenters. The molecule has 1 fully saturated rings. The van der Waals surface area contributed by atoms with Gasteiger partial charge in [-0.15, -0.1) is 0 Å². The molecule has 0 radical (unpaired) electrons. The predicted octanol–water partition coefficient (Wildman–Crippen LogP) is 4.75. The average Bonchev–Trinajstić information content (AvgIpc) is 3.07. The molecule has 0 saturated carbocycles. The van der Waals surface area contributed by atoms with Crippen molar-refractivity contribution in [3.05, 3.63) is 70.7 Å². The lowest BCUT2D eigenvalue weighted by Gasteiger charge is -2.44. The molecule has 2 aliphatic heterocycles. The van der Waals surface area contributed by atoms with Crippen molar-refractivity contribution >= 4 is 33.5 Å². The number of rotatable bonds is 4. The Morgan fingerprint density at radius 1 is 1.10 bits per heavy atom. The Morgan fingerprint density at radius 3 is 2.37 bits per heavy atom. The minimum atomic E-state index is -4.76. The number of thiol groups is 1. The number of carbonyl (C=O) groups excluding carboxylic acids is 1. The Kier molecular flexibility index (Phi) is 7.62. The first kappa shape index (κ1) is 29.1. The van der Waals surface area contributed by atoms with Crippen molar-refractivity contribution in [3.63, 3.8) is 0 Å². The largest absolute Gasteiger partial charge is 0.416 e. The Bertz CT molecular complexity index is 1580. The quantitative estimate of drug-likeness (QED) is 0.268. The number of aromatic nitrogens is 2. The van der Waals surface area contributed by atoms with Crippen molar-refractivity contribution in [2.24, 2.45) is 0 Å². The number of hydrogen-bond acceptors (Lipinski definition) is 5. The van der Waals surface area contributed by atoms with E-state index in [2.05, 4.69) is 11.6 Å². The number of hydrogen-bond donors (Lipinski definition) is 1. The molecule has 3 aromatic rings. The molecular weight excluding hydrogens is 567 g/mol. The van der Waals surface area contributed by atoms with Crippen molar-refractivity contribution in [1.82, 2.24) is 14.5 Å². The number of alkyl halides is 3. The van der Waals surface area contributed by atoms with E-state index in [0.717, 1.165) is 18.2 Å². The van der Waals surface area contributed by atoms with Crippen LogP contribution in [-0.2, 0) is 22.3 Å². The minimum Gasteiger partial charge on any atom is -0.379 e. The van der Waals surface area contributed by atoms with Gasteiger partial charge in [-0.05, 0) is 44.2 Å². The Morgan fingerprint density at radius 2 is 1.78 bits per heavy atom. The van der Waals surface area contributed by atoms with Gasteiger partial charge in [0.25, 0.3) is 0 Å². The molecule has 3 heterocycles. The SMILES string of the molecule is C=CC(=O)N1[C@H](C)CN(c2nc(=O)n3c4c(cc(C(F)(F)F)cc24)[SH](c2ccc(F)cc2F)C[C@H](OC)C3)C[C@@H]1C. The first-order chi connectivity index (χ1) is 19.3. The van der Waals surface area contributed by atoms with Crippen LogP contribution in [0.5, 0.6) is 0 Å². The summed E-state index contributed by atoms with van der Waals surface area (Å²) in [6.07, 6.45) is -4.19. The molecule has 4 atom stereocenters. The lowest BCUT2D eigenvalue weighted by Crippen LogP contribution is -2.58. The molecule has 1 saturated heterocycles. The molecule has 2 aliphatic rings. The fraction of sp³-hybridized carbons (Fsp3) is 0.393. The molecule has 0 spiro atoms. The highest BCUT2D eigenvalue weighted by molar-refractivity contribution is 8.17. The number of ether oxygens (including phenoxy) is 1. The van der Waals surface area contributed by atoms with Crippen molar-refractivity contribution in [2.75, 3.05) is 30.9 Å². The van der Waals surface area contributed by atoms with Crippen molar-refractivity contribution < 1.29 is 31.5 Å². The van der Waals surface area contributed by atoms with E-state index in [9.17, 15) is 27.2 Å². The van der Waals surface area contributed by atoms with Crippen LogP contribution in [0.25, 0.3) is 10.9 Å². The van der Waals surface area contributed by atoms with E-state index in [1.807, 2.05) is 0 Å². The summed E-state index contributed by atoms with van der Waals surface area (Å²) >= 11 is 0. The van der Waals surface area contributed by atoms with Gasteiger partial charge in [0.1, 0.15) is 17.5 Å². The topological polar surface area (TPSA) is 67.7 Å². The number of amides is 1. The molecule has 1 aromatic heterocycles. The zero-order valence-corrected chi connectivity index (χ0v) is 23.5. The highest BCUT2D eigenvalue weighted by Crippen LogP contribution is 2.52. The summed E-state index contributed by atoms with van der Waals surface area (Å²) in [4.78, 5) is 33.7. The van der Waals surface area contributed by atoms with E-state index >= 15 is 4.39 Å². The zero-order chi connectivity index (χ0) is 29.8. The molecule has 13 heteroatoms. The van der Waals surface area contributed by atoms with Crippen molar-refractivity contribution in [2.45, 2.75) is 54.5 Å². The molecule has 2 aromatic carbocycles. The molecule has 1 amide bonds. The first-order valence-corrected chi connectivity index (χ1v) is 14.5. The number of methoxy groups -OCH3 is 1. The van der Waals surface area contributed by atoms with Crippen LogP contribution < -0.4 is 10.6 Å². The average molecular weight is 597 g/mol. The van der Waals surface area contributed by atoms with E-state index in [1.54, 1.807) is 23.6 Å². The van der Waals surface area contributed by atoms with Gasteiger partial charge in [0, 0.05) is 59.3 Å². The monoisotopic (exact) mass is 596 g/mol. The van der Waals surface area contributed by atoms with Gasteiger partial charge >= 0.3 is 11.9 Å². The summed E-state index contributed by atoms with van der Waals surface area (Å²) in [7, 11) is -0.445. The summed E-state index contributed by atoms with van der Waals surface area (Å²) in [6, 6.07) is 4.23. The van der Waals surface area contributed by atoms with Crippen LogP contribution in [0.4, 0.5) is 27.8 Å². The second kappa shape index (κ2) is 10.8. The summed E-state index contributed by atoms with van der Waals surface area (Å²) < 4.78 is 78.8. The van der Waals surface area contributed by atoms with E-state index in [0.29, 0.717) is 6.07 Å². The van der Waals surface area contributed by atoms with E-state index < -0.39 is 46.1 Å². The Balaban J connectivity index is 1.79. The van der Waals surface area contributed by atoms with Gasteiger partial charge in [-0.1, -0.05) is 6.58 Å². The third-order valence-corrected chi connectivity index (χ3v) is 10.2. The lowest BCUT2D eigenvalue weighted by molar-refractivity contribution is -0.137. The summed E-state index contributed by atoms with van der Waals surface area (Å²) in [6.45, 7) is 7.56. The Hall–Kier alpha value is -3.45. The molecule has 0 aliphatic carbocycles. The fourth-order valence-corrected chi connectivity index (χ4v) is 8.53. The molecule has 0 N–H and O–H groups in total. The standard InChI is InChI=1S/C28H29F5N4O3S/c1-5-24(38)37-15(2)11-35(12-16(37)3)26-20-8-17(28(31,32)33)9-23-25(20)36(27(39)34-26)13-19(40-4)14-41(23)22-7-6-18(29)10-21(22)30/h5-10,15-16,19,41H,1,11-14H2,2-4H3/t15-,16+,19-/m1/s1. The summed E-state index contributed by atoms with van der Waals surface area (Å²) in [5, 5.41) is 0.0871. The molecule has 7 nitrogen and oxygen atoms in total. The van der Waals surface area contributed by atoms with E-state index in [4.69, 9.17) is 4.74 Å². The van der Waals surface area contributed by atoms with Crippen LogP contribution >= 0.6 is 10.9 Å². The van der Waals surface area contributed by atoms with Gasteiger partial charge in [-0.25, -0.2) is 13.6 Å². The van der Waals surface area contributed by atoms with E-state index in [-0.39, 0.29) is 69.9 Å². The van der Waals surface area contributed by atoms with E-state index in [1.165, 1.54) is 23.8 Å². The second-order valence-corrected chi connectivity index (χ2v) is 12.5. The molecule has 5 rings (SSSR count). The maximum Gasteiger partial charge on any atom is 0.416 e. The predicted molar refractivity (Wildman–Crippen MR) is 147 cm³/mol. The van der Waals surface area contributed by atoms with Crippen LogP contribution in [0.15, 0.2) is 57.6 Å². The smallest absolute Gasteiger partial charge is 0.379 e. The van der Waals surface area contributed by atoms with Gasteiger partial charge in [0.15, 0.2) is 0 Å².